The lowest BCUT2D eigenvalue weighted by Crippen LogP contribution is -2.52. The van der Waals surface area contributed by atoms with Gasteiger partial charge in [0.1, 0.15) is 25.2 Å². The minimum atomic E-state index is -2.04. The number of nitrogens with zero attached hydrogens (tertiary/aromatic N) is 3. The Balaban J connectivity index is 0.800. The summed E-state index contributed by atoms with van der Waals surface area (Å²) in [5.74, 6) is -5.52. The number of aromatic nitrogens is 2. The van der Waals surface area contributed by atoms with Gasteiger partial charge in [-0.05, 0) is 74.3 Å². The minimum absolute atomic E-state index is 0.0427. The number of amides is 8. The Morgan fingerprint density at radius 1 is 0.870 bits per heavy atom. The molecule has 5 heterocycles. The number of unbranched alkanes of at least 4 members (excludes halogenated alkanes) is 2. The molecule has 4 aromatic rings. The summed E-state index contributed by atoms with van der Waals surface area (Å²) in [4.78, 5) is 134. The average Bonchev–Trinajstić information content (AvgIpc) is 4.18. The first-order chi connectivity index (χ1) is 36.9. The number of carbonyl (C=O) groups is 9. The van der Waals surface area contributed by atoms with Gasteiger partial charge in [0.25, 0.3) is 17.4 Å². The maximum absolute atomic E-state index is 15.4. The highest BCUT2D eigenvalue weighted by Gasteiger charge is 2.46. The molecule has 8 amide bonds. The molecular weight excluding hydrogens is 1000 g/mol. The summed E-state index contributed by atoms with van der Waals surface area (Å²) in [6.07, 6.45) is 4.08. The highest BCUT2D eigenvalue weighted by atomic mass is 19.1. The number of imide groups is 1. The van der Waals surface area contributed by atoms with Gasteiger partial charge in [-0.1, -0.05) is 43.7 Å². The summed E-state index contributed by atoms with van der Waals surface area (Å²) in [7, 11) is 0. The predicted octanol–water partition coefficient (Wildman–Crippen LogP) is 1.06. The Bertz CT molecular complexity index is 3140. The number of rotatable bonds is 23. The molecular formula is C54H60FN9O13. The first-order valence-electron chi connectivity index (χ1n) is 25.5. The first-order valence-corrected chi connectivity index (χ1v) is 25.5. The minimum Gasteiger partial charge on any atom is -0.458 e. The quantitative estimate of drug-likeness (QED) is 0.0209. The molecule has 77 heavy (non-hydrogen) atoms. The summed E-state index contributed by atoms with van der Waals surface area (Å²) in [5.41, 5.74) is 2.06. The molecule has 3 aliphatic heterocycles. The Hall–Kier alpha value is -8.18. The number of ether oxygens (including phenoxy) is 2. The lowest BCUT2D eigenvalue weighted by Gasteiger charge is -2.31. The monoisotopic (exact) mass is 1060 g/mol. The number of pyridine rings is 2. The zero-order valence-electron chi connectivity index (χ0n) is 42.8. The Morgan fingerprint density at radius 2 is 1.57 bits per heavy atom. The van der Waals surface area contributed by atoms with Crippen molar-refractivity contribution >= 4 is 64.1 Å². The summed E-state index contributed by atoms with van der Waals surface area (Å²) in [5, 5.41) is 27.6. The van der Waals surface area contributed by atoms with Crippen LogP contribution in [0, 0.1) is 12.7 Å². The molecule has 4 aliphatic rings. The van der Waals surface area contributed by atoms with Crippen LogP contribution in [0.5, 0.6) is 0 Å². The molecule has 406 valence electrons. The van der Waals surface area contributed by atoms with Gasteiger partial charge < -0.3 is 51.0 Å². The van der Waals surface area contributed by atoms with Crippen LogP contribution in [0.2, 0.25) is 0 Å². The molecule has 1 aliphatic carbocycles. The third kappa shape index (κ3) is 12.3. The van der Waals surface area contributed by atoms with Crippen LogP contribution in [0.4, 0.5) is 4.39 Å². The second kappa shape index (κ2) is 23.8. The molecule has 22 nitrogen and oxygen atoms in total. The van der Waals surface area contributed by atoms with Crippen molar-refractivity contribution in [1.82, 2.24) is 46.4 Å². The van der Waals surface area contributed by atoms with E-state index in [1.807, 2.05) is 0 Å². The van der Waals surface area contributed by atoms with Crippen LogP contribution in [0.25, 0.3) is 22.3 Å². The average molecular weight is 1060 g/mol. The van der Waals surface area contributed by atoms with Gasteiger partial charge in [0.15, 0.2) is 5.60 Å². The first kappa shape index (κ1) is 55.1. The standard InChI is InChI=1S/C54H60FN9O13/c1-4-54(75)35-21-40-50-33(26-64(40)52(73)34(35)27-76-53(54)74)49-37(15-14-32-30(3)36(55)22-38(62-50)48(32)49)60-42(66)19-29(2)77-28-59-44(68)24-58-51(72)39(20-31-11-7-5-8-12-31)61-45(69)25-57-43(67)23-56-41(65)13-9-6-10-18-63-46(70)16-17-47(63)71/h5,7-8,11-12,16-17,21-22,29,37,39,75H,4,6,9-10,13-15,18-20,23-28H2,1-3H3,(H,56,65)(H,57,67)(H,58,72)(H,59,68)(H,60,66)(H,61,69)/t29?,37-,39-,54-/m0/s1. The molecule has 4 atom stereocenters. The Labute approximate surface area is 440 Å². The second-order valence-corrected chi connectivity index (χ2v) is 19.4. The molecule has 0 bridgehead atoms. The van der Waals surface area contributed by atoms with Crippen molar-refractivity contribution in [1.29, 1.82) is 0 Å². The number of hydrogen-bond acceptors (Lipinski definition) is 14. The van der Waals surface area contributed by atoms with Crippen LogP contribution in [-0.4, -0.2) is 118 Å². The molecule has 0 fully saturated rings. The van der Waals surface area contributed by atoms with E-state index >= 15 is 4.39 Å². The summed E-state index contributed by atoms with van der Waals surface area (Å²) in [6.45, 7) is 3.21. The number of halogens is 1. The van der Waals surface area contributed by atoms with Crippen molar-refractivity contribution in [2.24, 2.45) is 0 Å². The normalized spacial score (nSPS) is 17.6. The fourth-order valence-corrected chi connectivity index (χ4v) is 10.1. The SMILES string of the molecule is CC[C@@]1(O)C(=O)OCc2c1cc1n(c2=O)Cc2c-1nc1cc(F)c(C)c3c1c2[C@@H](NC(=O)CC(C)OCNC(=O)CNC(=O)[C@H](Cc1ccccc1)NC(=O)CNC(=O)CNC(=O)CCCCCN1C(=O)C=CC1=O)CC3. The fraction of sp³-hybridized carbons (Fsp3) is 0.426. The van der Waals surface area contributed by atoms with E-state index in [0.717, 1.165) is 10.5 Å². The van der Waals surface area contributed by atoms with Crippen LogP contribution < -0.4 is 37.5 Å². The number of aliphatic hydroxyl groups is 1. The van der Waals surface area contributed by atoms with Crippen LogP contribution in [-0.2, 0) is 84.2 Å². The van der Waals surface area contributed by atoms with Gasteiger partial charge in [-0.2, -0.15) is 0 Å². The number of nitrogens with one attached hydrogen (secondary N) is 6. The van der Waals surface area contributed by atoms with Gasteiger partial charge >= 0.3 is 5.97 Å². The molecule has 0 saturated carbocycles. The van der Waals surface area contributed by atoms with E-state index in [0.29, 0.717) is 76.6 Å². The molecule has 0 spiro atoms. The molecule has 2 aromatic carbocycles. The van der Waals surface area contributed by atoms with Crippen molar-refractivity contribution in [3.05, 3.63) is 110 Å². The molecule has 2 aromatic heterocycles. The Morgan fingerprint density at radius 3 is 2.31 bits per heavy atom. The maximum atomic E-state index is 15.4. The van der Waals surface area contributed by atoms with Crippen molar-refractivity contribution < 1.29 is 62.1 Å². The number of carbonyl (C=O) groups excluding carboxylic acids is 9. The third-order valence-corrected chi connectivity index (χ3v) is 14.3. The second-order valence-electron chi connectivity index (χ2n) is 19.4. The van der Waals surface area contributed by atoms with Crippen molar-refractivity contribution in [2.75, 3.05) is 32.9 Å². The van der Waals surface area contributed by atoms with Crippen LogP contribution in [0.3, 0.4) is 0 Å². The fourth-order valence-electron chi connectivity index (χ4n) is 10.1. The van der Waals surface area contributed by atoms with Gasteiger partial charge in [0, 0.05) is 54.1 Å². The smallest absolute Gasteiger partial charge is 0.343 e. The van der Waals surface area contributed by atoms with E-state index in [1.165, 1.54) is 22.8 Å². The molecule has 1 unspecified atom stereocenters. The maximum Gasteiger partial charge on any atom is 0.343 e. The third-order valence-electron chi connectivity index (χ3n) is 14.3. The van der Waals surface area contributed by atoms with Gasteiger partial charge in [-0.25, -0.2) is 14.2 Å². The zero-order valence-corrected chi connectivity index (χ0v) is 42.8. The van der Waals surface area contributed by atoms with Crippen molar-refractivity contribution in [2.45, 2.75) is 115 Å². The summed E-state index contributed by atoms with van der Waals surface area (Å²) >= 11 is 0. The van der Waals surface area contributed by atoms with E-state index < -0.39 is 96.2 Å². The molecule has 23 heteroatoms. The van der Waals surface area contributed by atoms with Crippen LogP contribution >= 0.6 is 0 Å². The van der Waals surface area contributed by atoms with Crippen molar-refractivity contribution in [3.63, 3.8) is 0 Å². The lowest BCUT2D eigenvalue weighted by atomic mass is 9.81. The molecule has 8 rings (SSSR count). The number of esters is 1. The van der Waals surface area contributed by atoms with Gasteiger partial charge in [0.05, 0.1) is 67.2 Å². The van der Waals surface area contributed by atoms with E-state index in [4.69, 9.17) is 14.5 Å². The topological polar surface area (TPSA) is 303 Å². The van der Waals surface area contributed by atoms with Crippen molar-refractivity contribution in [3.8, 4) is 11.4 Å². The van der Waals surface area contributed by atoms with E-state index in [2.05, 4.69) is 31.9 Å². The highest BCUT2D eigenvalue weighted by Crippen LogP contribution is 2.46. The zero-order chi connectivity index (χ0) is 55.1. The van der Waals surface area contributed by atoms with E-state index in [-0.39, 0.29) is 75.1 Å². The molecule has 7 N–H and O–H groups in total. The largest absolute Gasteiger partial charge is 0.458 e. The van der Waals surface area contributed by atoms with E-state index in [9.17, 15) is 53.1 Å². The lowest BCUT2D eigenvalue weighted by molar-refractivity contribution is -0.172. The van der Waals surface area contributed by atoms with E-state index in [1.54, 1.807) is 57.2 Å². The number of cyclic esters (lactones) is 1. The number of fused-ring (bicyclic) bond motifs is 5. The van der Waals surface area contributed by atoms with Gasteiger partial charge in [-0.15, -0.1) is 0 Å². The van der Waals surface area contributed by atoms with Gasteiger partial charge in [-0.3, -0.25) is 48.1 Å². The number of hydrogen-bond donors (Lipinski definition) is 7. The summed E-state index contributed by atoms with van der Waals surface area (Å²) in [6, 6.07) is 9.97. The van der Waals surface area contributed by atoms with Crippen LogP contribution in [0.1, 0.15) is 104 Å². The number of aryl methyl sites for hydroxylation is 1. The van der Waals surface area contributed by atoms with Gasteiger partial charge in [0.2, 0.25) is 35.4 Å². The number of benzene rings is 2. The predicted molar refractivity (Wildman–Crippen MR) is 272 cm³/mol. The highest BCUT2D eigenvalue weighted by molar-refractivity contribution is 6.12. The summed E-state index contributed by atoms with van der Waals surface area (Å²) < 4.78 is 27.9. The molecule has 0 saturated heterocycles. The van der Waals surface area contributed by atoms with Crippen LogP contribution in [0.15, 0.2) is 59.4 Å². The molecule has 0 radical (unpaired) electrons. The Kier molecular flexibility index (Phi) is 17.0.